The molecule has 2 aromatic heterocycles. The molecule has 0 aliphatic carbocycles. The second-order valence-electron chi connectivity index (χ2n) is 7.15. The molecule has 0 saturated carbocycles. The van der Waals surface area contributed by atoms with E-state index < -0.39 is 23.4 Å². The summed E-state index contributed by atoms with van der Waals surface area (Å²) in [6, 6.07) is 20.9. The lowest BCUT2D eigenvalue weighted by atomic mass is 10.1. The van der Waals surface area contributed by atoms with Gasteiger partial charge in [-0.25, -0.2) is 4.68 Å². The van der Waals surface area contributed by atoms with E-state index in [-0.39, 0.29) is 5.69 Å². The fourth-order valence-corrected chi connectivity index (χ4v) is 4.20. The highest BCUT2D eigenvalue weighted by atomic mass is 32.1. The summed E-state index contributed by atoms with van der Waals surface area (Å²) in [5.41, 5.74) is 0.0995. The van der Waals surface area contributed by atoms with Crippen molar-refractivity contribution in [2.45, 2.75) is 6.18 Å². The third-order valence-corrected chi connectivity index (χ3v) is 5.84. The Balaban J connectivity index is 1.65. The molecular formula is C24H15F3N4OS. The highest BCUT2D eigenvalue weighted by Gasteiger charge is 2.47. The number of aromatic nitrogens is 2. The predicted octanol–water partition coefficient (Wildman–Crippen LogP) is 5.95. The van der Waals surface area contributed by atoms with E-state index in [0.29, 0.717) is 11.3 Å². The molecule has 1 amide bonds. The topological polar surface area (TPSA) is 50.5 Å². The molecule has 1 aliphatic heterocycles. The Hall–Kier alpha value is -3.98. The van der Waals surface area contributed by atoms with Crippen molar-refractivity contribution in [3.63, 3.8) is 0 Å². The minimum atomic E-state index is -4.80. The lowest BCUT2D eigenvalue weighted by Gasteiger charge is -2.10. The number of alkyl halides is 3. The molecule has 4 aromatic rings. The SMILES string of the molecule is O=C1/C(=C\c2cn(-c3ccccc3)nc2-c2cccs2)C(C(F)(F)F)=NN1c1ccccc1. The molecule has 33 heavy (non-hydrogen) atoms. The number of benzene rings is 2. The fraction of sp³-hybridized carbons (Fsp3) is 0.0417. The number of carbonyl (C=O) groups is 1. The highest BCUT2D eigenvalue weighted by molar-refractivity contribution is 7.13. The van der Waals surface area contributed by atoms with Crippen LogP contribution in [0.5, 0.6) is 0 Å². The molecule has 1 aliphatic rings. The summed E-state index contributed by atoms with van der Waals surface area (Å²) in [6.45, 7) is 0. The third-order valence-electron chi connectivity index (χ3n) is 4.96. The molecule has 0 fully saturated rings. The van der Waals surface area contributed by atoms with Crippen molar-refractivity contribution >= 4 is 34.7 Å². The molecule has 0 bridgehead atoms. The standard InChI is InChI=1S/C24H15F3N4OS/c25-24(26,27)22-19(23(32)31(29-22)18-10-5-2-6-11-18)14-16-15-30(17-8-3-1-4-9-17)28-21(16)20-12-7-13-33-20/h1-15H/b19-14-. The van der Waals surface area contributed by atoms with Crippen LogP contribution in [0.15, 0.2) is 95.0 Å². The first-order valence-corrected chi connectivity index (χ1v) is 10.8. The van der Waals surface area contributed by atoms with Crippen molar-refractivity contribution in [2.75, 3.05) is 5.01 Å². The highest BCUT2D eigenvalue weighted by Crippen LogP contribution is 2.35. The van der Waals surface area contributed by atoms with E-state index in [1.807, 2.05) is 47.8 Å². The number of para-hydroxylation sites is 2. The van der Waals surface area contributed by atoms with Gasteiger partial charge in [0.05, 0.1) is 21.8 Å². The summed E-state index contributed by atoms with van der Waals surface area (Å²) in [5, 5.41) is 10.9. The van der Waals surface area contributed by atoms with Crippen LogP contribution in [-0.2, 0) is 4.79 Å². The van der Waals surface area contributed by atoms with Gasteiger partial charge in [0.2, 0.25) is 0 Å². The van der Waals surface area contributed by atoms with E-state index in [2.05, 4.69) is 10.2 Å². The van der Waals surface area contributed by atoms with Crippen LogP contribution in [0.4, 0.5) is 18.9 Å². The number of rotatable bonds is 4. The van der Waals surface area contributed by atoms with Gasteiger partial charge in [0, 0.05) is 11.8 Å². The molecule has 164 valence electrons. The summed E-state index contributed by atoms with van der Waals surface area (Å²) >= 11 is 1.41. The van der Waals surface area contributed by atoms with Crippen molar-refractivity contribution in [3.05, 3.63) is 95.5 Å². The van der Waals surface area contributed by atoms with Crippen LogP contribution < -0.4 is 5.01 Å². The zero-order valence-corrected chi connectivity index (χ0v) is 17.7. The first-order chi connectivity index (χ1) is 15.9. The lowest BCUT2D eigenvalue weighted by Crippen LogP contribution is -2.25. The number of hydrazone groups is 1. The van der Waals surface area contributed by atoms with Crippen LogP contribution in [-0.4, -0.2) is 27.6 Å². The summed E-state index contributed by atoms with van der Waals surface area (Å²) in [7, 11) is 0. The number of nitrogens with zero attached hydrogens (tertiary/aromatic N) is 4. The molecule has 0 unspecified atom stereocenters. The second kappa shape index (κ2) is 8.18. The first kappa shape index (κ1) is 20.9. The largest absolute Gasteiger partial charge is 0.435 e. The molecule has 0 radical (unpaired) electrons. The van der Waals surface area contributed by atoms with Crippen LogP contribution in [0, 0.1) is 0 Å². The van der Waals surface area contributed by atoms with Crippen LogP contribution >= 0.6 is 11.3 Å². The monoisotopic (exact) mass is 464 g/mol. The number of anilines is 1. The molecule has 0 atom stereocenters. The molecule has 3 heterocycles. The van der Waals surface area contributed by atoms with Crippen LogP contribution in [0.3, 0.4) is 0 Å². The summed E-state index contributed by atoms with van der Waals surface area (Å²) in [5.74, 6) is -0.849. The van der Waals surface area contributed by atoms with Crippen molar-refractivity contribution in [2.24, 2.45) is 5.10 Å². The van der Waals surface area contributed by atoms with E-state index in [9.17, 15) is 18.0 Å². The van der Waals surface area contributed by atoms with Gasteiger partial charge >= 0.3 is 6.18 Å². The van der Waals surface area contributed by atoms with Crippen LogP contribution in [0.1, 0.15) is 5.56 Å². The molecular weight excluding hydrogens is 449 g/mol. The molecule has 0 saturated heterocycles. The number of amides is 1. The Kier molecular flexibility index (Phi) is 5.18. The van der Waals surface area contributed by atoms with Crippen molar-refractivity contribution < 1.29 is 18.0 Å². The summed E-state index contributed by atoms with van der Waals surface area (Å²) < 4.78 is 43.1. The minimum Gasteiger partial charge on any atom is -0.267 e. The average Bonchev–Trinajstić information content (AvgIpc) is 3.55. The van der Waals surface area contributed by atoms with Gasteiger partial charge in [-0.05, 0) is 41.8 Å². The fourth-order valence-electron chi connectivity index (χ4n) is 3.46. The molecule has 2 aromatic carbocycles. The number of hydrogen-bond acceptors (Lipinski definition) is 4. The minimum absolute atomic E-state index is 0.256. The van der Waals surface area contributed by atoms with Gasteiger partial charge in [0.15, 0.2) is 5.71 Å². The molecule has 5 rings (SSSR count). The summed E-state index contributed by atoms with van der Waals surface area (Å²) in [4.78, 5) is 13.8. The van der Waals surface area contributed by atoms with Gasteiger partial charge in [-0.2, -0.15) is 28.4 Å². The van der Waals surface area contributed by atoms with Crippen molar-refractivity contribution in [3.8, 4) is 16.3 Å². The second-order valence-corrected chi connectivity index (χ2v) is 8.10. The number of carbonyl (C=O) groups excluding carboxylic acids is 1. The quantitative estimate of drug-likeness (QED) is 0.351. The smallest absolute Gasteiger partial charge is 0.267 e. The molecule has 5 nitrogen and oxygen atoms in total. The van der Waals surface area contributed by atoms with E-state index >= 15 is 0 Å². The van der Waals surface area contributed by atoms with Crippen molar-refractivity contribution in [1.29, 1.82) is 0 Å². The Labute approximate surface area is 190 Å². The molecule has 0 N–H and O–H groups in total. The Morgan fingerprint density at radius 2 is 1.55 bits per heavy atom. The average molecular weight is 464 g/mol. The maximum atomic E-state index is 13.9. The van der Waals surface area contributed by atoms with Crippen LogP contribution in [0.2, 0.25) is 0 Å². The zero-order valence-electron chi connectivity index (χ0n) is 16.9. The van der Waals surface area contributed by atoms with Gasteiger partial charge in [0.25, 0.3) is 5.91 Å². The van der Waals surface area contributed by atoms with Crippen molar-refractivity contribution in [1.82, 2.24) is 9.78 Å². The van der Waals surface area contributed by atoms with E-state index in [1.54, 1.807) is 29.1 Å². The van der Waals surface area contributed by atoms with Gasteiger partial charge in [-0.15, -0.1) is 11.3 Å². The predicted molar refractivity (Wildman–Crippen MR) is 122 cm³/mol. The normalized spacial score (nSPS) is 15.4. The van der Waals surface area contributed by atoms with E-state index in [4.69, 9.17) is 0 Å². The maximum Gasteiger partial charge on any atom is 0.435 e. The van der Waals surface area contributed by atoms with Crippen LogP contribution in [0.25, 0.3) is 22.3 Å². The zero-order chi connectivity index (χ0) is 23.0. The Morgan fingerprint density at radius 3 is 2.15 bits per heavy atom. The summed E-state index contributed by atoms with van der Waals surface area (Å²) in [6.07, 6.45) is -1.97. The Morgan fingerprint density at radius 1 is 0.879 bits per heavy atom. The van der Waals surface area contributed by atoms with Gasteiger partial charge in [0.1, 0.15) is 5.69 Å². The van der Waals surface area contributed by atoms with Gasteiger partial charge in [-0.3, -0.25) is 4.79 Å². The maximum absolute atomic E-state index is 13.9. The van der Waals surface area contributed by atoms with Gasteiger partial charge in [-0.1, -0.05) is 42.5 Å². The number of thiophene rings is 1. The lowest BCUT2D eigenvalue weighted by molar-refractivity contribution is -0.114. The first-order valence-electron chi connectivity index (χ1n) is 9.88. The van der Waals surface area contributed by atoms with Gasteiger partial charge < -0.3 is 0 Å². The van der Waals surface area contributed by atoms with E-state index in [1.165, 1.54) is 29.5 Å². The third kappa shape index (κ3) is 3.98. The molecule has 9 heteroatoms. The number of halogens is 3. The Bertz CT molecular complexity index is 1360. The molecule has 0 spiro atoms. The van der Waals surface area contributed by atoms with E-state index in [0.717, 1.165) is 15.6 Å². The number of hydrogen-bond donors (Lipinski definition) is 0.